The van der Waals surface area contributed by atoms with Crippen molar-refractivity contribution in [3.63, 3.8) is 0 Å². The number of benzene rings is 1. The Morgan fingerprint density at radius 3 is 2.65 bits per heavy atom. The number of nitrogens with one attached hydrogen (secondary N) is 1. The number of pyridine rings is 1. The number of halogens is 2. The van der Waals surface area contributed by atoms with Crippen LogP contribution in [0.15, 0.2) is 55.0 Å². The number of carbonyl (C=O) groups excluding carboxylic acids is 1. The number of hydrogen-bond donors (Lipinski definition) is 1. The summed E-state index contributed by atoms with van der Waals surface area (Å²) in [5.74, 6) is -0.332. The van der Waals surface area contributed by atoms with Crippen molar-refractivity contribution in [3.8, 4) is 11.4 Å². The number of nitrogens with zero attached hydrogens (tertiary/aromatic N) is 4. The molecule has 2 heterocycles. The van der Waals surface area contributed by atoms with Gasteiger partial charge in [-0.2, -0.15) is 0 Å². The van der Waals surface area contributed by atoms with Crippen LogP contribution in [0.25, 0.3) is 11.4 Å². The van der Waals surface area contributed by atoms with Crippen LogP contribution in [0.5, 0.6) is 0 Å². The molecule has 0 unspecified atom stereocenters. The summed E-state index contributed by atoms with van der Waals surface area (Å²) < 4.78 is 19.7. The number of ether oxygens (including phenoxy) is 1. The Balaban J connectivity index is 0.00000341. The molecule has 3 rings (SSSR count). The number of hydrogen-bond acceptors (Lipinski definition) is 7. The van der Waals surface area contributed by atoms with Crippen LogP contribution in [-0.2, 0) is 4.74 Å². The molecule has 0 amide bonds. The van der Waals surface area contributed by atoms with Gasteiger partial charge >= 0.3 is 5.97 Å². The molecule has 31 heavy (non-hydrogen) atoms. The molecule has 0 fully saturated rings. The lowest BCUT2D eigenvalue weighted by Crippen LogP contribution is -2.28. The monoisotopic (exact) mass is 445 g/mol. The molecule has 0 saturated heterocycles. The lowest BCUT2D eigenvalue weighted by atomic mass is 10.2. The fourth-order valence-corrected chi connectivity index (χ4v) is 2.85. The molecule has 1 N–H and O–H groups in total. The van der Waals surface area contributed by atoms with Gasteiger partial charge in [-0.15, -0.1) is 12.4 Å². The zero-order valence-electron chi connectivity index (χ0n) is 17.4. The number of anilines is 2. The Labute approximate surface area is 187 Å². The van der Waals surface area contributed by atoms with Gasteiger partial charge in [-0.3, -0.25) is 4.98 Å². The van der Waals surface area contributed by atoms with Gasteiger partial charge in [0.1, 0.15) is 18.2 Å². The van der Waals surface area contributed by atoms with Crippen molar-refractivity contribution in [1.82, 2.24) is 19.9 Å². The van der Waals surface area contributed by atoms with Gasteiger partial charge in [0.05, 0.1) is 5.56 Å². The molecule has 0 spiro atoms. The Morgan fingerprint density at radius 1 is 1.16 bits per heavy atom. The third-order valence-corrected chi connectivity index (χ3v) is 4.57. The van der Waals surface area contributed by atoms with E-state index >= 15 is 0 Å². The maximum Gasteiger partial charge on any atom is 0.341 e. The molecule has 0 aliphatic heterocycles. The van der Waals surface area contributed by atoms with Crippen LogP contribution >= 0.6 is 12.4 Å². The van der Waals surface area contributed by atoms with Crippen molar-refractivity contribution in [3.05, 3.63) is 66.4 Å². The van der Waals surface area contributed by atoms with Crippen LogP contribution in [0.4, 0.5) is 15.9 Å². The van der Waals surface area contributed by atoms with E-state index in [1.807, 2.05) is 19.9 Å². The highest BCUT2D eigenvalue weighted by Gasteiger charge is 2.14. The lowest BCUT2D eigenvalue weighted by Gasteiger charge is -2.17. The fourth-order valence-electron chi connectivity index (χ4n) is 2.85. The predicted octanol–water partition coefficient (Wildman–Crippen LogP) is 4.34. The van der Waals surface area contributed by atoms with Gasteiger partial charge < -0.3 is 15.0 Å². The summed E-state index contributed by atoms with van der Waals surface area (Å²) in [5.41, 5.74) is 1.14. The Kier molecular flexibility index (Phi) is 9.30. The smallest absolute Gasteiger partial charge is 0.341 e. The highest BCUT2D eigenvalue weighted by molar-refractivity contribution is 5.90. The minimum absolute atomic E-state index is 0. The number of aromatic nitrogens is 3. The summed E-state index contributed by atoms with van der Waals surface area (Å²) in [6, 6.07) is 9.58. The molecule has 9 heteroatoms. The molecular formula is C22H25ClFN5O2. The summed E-state index contributed by atoms with van der Waals surface area (Å²) >= 11 is 0. The SMILES string of the molecule is CCN(CC)CCOC(=O)c1ccc(Nc2ccnc(-c3cccnc3)n2)cc1F.Cl. The first-order valence-electron chi connectivity index (χ1n) is 9.80. The minimum atomic E-state index is -0.674. The fraction of sp³-hybridized carbons (Fsp3) is 0.273. The molecule has 0 saturated carbocycles. The highest BCUT2D eigenvalue weighted by Crippen LogP contribution is 2.21. The maximum absolute atomic E-state index is 14.5. The normalized spacial score (nSPS) is 10.5. The minimum Gasteiger partial charge on any atom is -0.461 e. The van der Waals surface area contributed by atoms with Crippen molar-refractivity contribution < 1.29 is 13.9 Å². The Bertz CT molecular complexity index is 987. The van der Waals surface area contributed by atoms with E-state index in [1.165, 1.54) is 12.1 Å². The van der Waals surface area contributed by atoms with Gasteiger partial charge in [0.2, 0.25) is 0 Å². The average molecular weight is 446 g/mol. The van der Waals surface area contributed by atoms with Crippen LogP contribution < -0.4 is 5.32 Å². The van der Waals surface area contributed by atoms with Crippen molar-refractivity contribution in [1.29, 1.82) is 0 Å². The Morgan fingerprint density at radius 2 is 1.97 bits per heavy atom. The van der Waals surface area contributed by atoms with Crippen LogP contribution in [0.3, 0.4) is 0 Å². The largest absolute Gasteiger partial charge is 0.461 e. The quantitative estimate of drug-likeness (QED) is 0.490. The summed E-state index contributed by atoms with van der Waals surface area (Å²) in [6.45, 7) is 6.65. The standard InChI is InChI=1S/C22H24FN5O2.ClH/c1-3-28(4-2)12-13-30-22(29)18-8-7-17(14-19(18)23)26-20-9-11-25-21(27-20)16-6-5-10-24-15-16;/h5-11,14-15H,3-4,12-13H2,1-2H3,(H,25,26,27);1H. The number of esters is 1. The van der Waals surface area contributed by atoms with Gasteiger partial charge in [-0.25, -0.2) is 19.2 Å². The maximum atomic E-state index is 14.5. The summed E-state index contributed by atoms with van der Waals surface area (Å²) in [5, 5.41) is 3.02. The van der Waals surface area contributed by atoms with Gasteiger partial charge in [-0.05, 0) is 49.5 Å². The van der Waals surface area contributed by atoms with Gasteiger partial charge in [0.15, 0.2) is 5.82 Å². The second kappa shape index (κ2) is 11.9. The first kappa shape index (κ1) is 24.2. The summed E-state index contributed by atoms with van der Waals surface area (Å²) in [6.07, 6.45) is 4.94. The number of carbonyl (C=O) groups is 1. The van der Waals surface area contributed by atoms with E-state index in [-0.39, 0.29) is 24.6 Å². The first-order valence-corrected chi connectivity index (χ1v) is 9.80. The van der Waals surface area contributed by atoms with E-state index in [2.05, 4.69) is 25.2 Å². The van der Waals surface area contributed by atoms with E-state index in [9.17, 15) is 9.18 Å². The van der Waals surface area contributed by atoms with Crippen LogP contribution in [0.2, 0.25) is 0 Å². The van der Waals surface area contributed by atoms with E-state index < -0.39 is 11.8 Å². The van der Waals surface area contributed by atoms with Crippen molar-refractivity contribution >= 4 is 29.9 Å². The number of rotatable bonds is 9. The molecule has 3 aromatic rings. The topological polar surface area (TPSA) is 80.2 Å². The zero-order chi connectivity index (χ0) is 21.3. The van der Waals surface area contributed by atoms with Crippen molar-refractivity contribution in [2.24, 2.45) is 0 Å². The highest BCUT2D eigenvalue weighted by atomic mass is 35.5. The molecule has 1 aromatic carbocycles. The van der Waals surface area contributed by atoms with Crippen LogP contribution in [0.1, 0.15) is 24.2 Å². The van der Waals surface area contributed by atoms with Crippen molar-refractivity contribution in [2.75, 3.05) is 31.6 Å². The zero-order valence-corrected chi connectivity index (χ0v) is 18.2. The molecule has 0 aliphatic rings. The average Bonchev–Trinajstić information content (AvgIpc) is 2.77. The second-order valence-electron chi connectivity index (χ2n) is 6.49. The van der Waals surface area contributed by atoms with Gasteiger partial charge in [0, 0.05) is 36.4 Å². The van der Waals surface area contributed by atoms with E-state index in [4.69, 9.17) is 4.74 Å². The second-order valence-corrected chi connectivity index (χ2v) is 6.49. The Hall–Kier alpha value is -3.10. The number of likely N-dealkylation sites (N-methyl/N-ethyl adjacent to an activating group) is 1. The molecule has 0 bridgehead atoms. The van der Waals surface area contributed by atoms with Gasteiger partial charge in [0.25, 0.3) is 0 Å². The van der Waals surface area contributed by atoms with Gasteiger partial charge in [-0.1, -0.05) is 13.8 Å². The van der Waals surface area contributed by atoms with Crippen molar-refractivity contribution in [2.45, 2.75) is 13.8 Å². The van der Waals surface area contributed by atoms with E-state index in [0.29, 0.717) is 23.9 Å². The van der Waals surface area contributed by atoms with Crippen LogP contribution in [-0.4, -0.2) is 52.1 Å². The van der Waals surface area contributed by atoms with E-state index in [1.54, 1.807) is 36.8 Å². The molecule has 0 radical (unpaired) electrons. The molecule has 7 nitrogen and oxygen atoms in total. The third-order valence-electron chi connectivity index (χ3n) is 4.57. The molecule has 2 aromatic heterocycles. The first-order chi connectivity index (χ1) is 14.6. The molecule has 0 atom stereocenters. The third kappa shape index (κ3) is 6.70. The summed E-state index contributed by atoms with van der Waals surface area (Å²) in [7, 11) is 0. The summed E-state index contributed by atoms with van der Waals surface area (Å²) in [4.78, 5) is 27.0. The molecule has 0 aliphatic carbocycles. The van der Waals surface area contributed by atoms with Crippen LogP contribution in [0, 0.1) is 5.82 Å². The van der Waals surface area contributed by atoms with E-state index in [0.717, 1.165) is 18.7 Å². The lowest BCUT2D eigenvalue weighted by molar-refractivity contribution is 0.0461. The predicted molar refractivity (Wildman–Crippen MR) is 120 cm³/mol. The molecular weight excluding hydrogens is 421 g/mol. The molecule has 164 valence electrons.